The van der Waals surface area contributed by atoms with Crippen LogP contribution in [0.5, 0.6) is 0 Å². The van der Waals surface area contributed by atoms with E-state index in [9.17, 15) is 17.2 Å². The summed E-state index contributed by atoms with van der Waals surface area (Å²) >= 11 is 0. The highest BCUT2D eigenvalue weighted by Gasteiger charge is 2.31. The van der Waals surface area contributed by atoms with Crippen molar-refractivity contribution in [3.05, 3.63) is 41.6 Å². The van der Waals surface area contributed by atoms with E-state index < -0.39 is 26.6 Å². The third-order valence-corrected chi connectivity index (χ3v) is 7.47. The third-order valence-electron chi connectivity index (χ3n) is 5.54. The van der Waals surface area contributed by atoms with Crippen molar-refractivity contribution in [2.75, 3.05) is 49.1 Å². The maximum Gasteiger partial charge on any atom is 0.246 e. The first kappa shape index (κ1) is 20.9. The molecule has 0 spiro atoms. The molecule has 0 aliphatic carbocycles. The summed E-state index contributed by atoms with van der Waals surface area (Å²) in [7, 11) is -4.02. The zero-order chi connectivity index (χ0) is 21.3. The number of halogens is 2. The van der Waals surface area contributed by atoms with Gasteiger partial charge in [-0.05, 0) is 38.3 Å². The fourth-order valence-electron chi connectivity index (χ4n) is 3.91. The number of sulfonamides is 1. The number of anilines is 2. The van der Waals surface area contributed by atoms with Gasteiger partial charge in [0, 0.05) is 57.1 Å². The lowest BCUT2D eigenvalue weighted by Gasteiger charge is -2.35. The van der Waals surface area contributed by atoms with E-state index in [1.807, 2.05) is 17.9 Å². The van der Waals surface area contributed by atoms with Gasteiger partial charge in [-0.15, -0.1) is 0 Å². The summed E-state index contributed by atoms with van der Waals surface area (Å²) in [6.07, 6.45) is 3.48. The molecule has 7 nitrogen and oxygen atoms in total. The maximum absolute atomic E-state index is 14.0. The van der Waals surface area contributed by atoms with Gasteiger partial charge in [0.25, 0.3) is 0 Å². The molecule has 0 atom stereocenters. The van der Waals surface area contributed by atoms with Gasteiger partial charge in [-0.2, -0.15) is 9.29 Å². The molecule has 1 aromatic carbocycles. The Morgan fingerprint density at radius 1 is 0.867 bits per heavy atom. The summed E-state index contributed by atoms with van der Waals surface area (Å²) in [5.74, 6) is -0.392. The molecule has 2 saturated heterocycles. The molecule has 0 N–H and O–H groups in total. The molecule has 4 rings (SSSR count). The van der Waals surface area contributed by atoms with E-state index in [0.29, 0.717) is 25.1 Å². The number of hydrogen-bond donors (Lipinski definition) is 0. The van der Waals surface area contributed by atoms with Crippen LogP contribution < -0.4 is 9.80 Å². The number of piperazine rings is 1. The summed E-state index contributed by atoms with van der Waals surface area (Å²) in [6, 6.07) is 4.43. The average Bonchev–Trinajstić information content (AvgIpc) is 2.74. The van der Waals surface area contributed by atoms with E-state index in [2.05, 4.69) is 9.88 Å². The van der Waals surface area contributed by atoms with Crippen LogP contribution in [0.15, 0.2) is 29.2 Å². The fraction of sp³-hybridized carbons (Fsp3) is 0.500. The number of benzene rings is 1. The minimum absolute atomic E-state index is 0.196. The second-order valence-corrected chi connectivity index (χ2v) is 9.59. The van der Waals surface area contributed by atoms with Crippen LogP contribution in [-0.4, -0.2) is 62.0 Å². The van der Waals surface area contributed by atoms with E-state index >= 15 is 0 Å². The lowest BCUT2D eigenvalue weighted by atomic mass is 10.1. The Morgan fingerprint density at radius 3 is 2.23 bits per heavy atom. The lowest BCUT2D eigenvalue weighted by Crippen LogP contribution is -2.49. The number of piperidine rings is 1. The first-order chi connectivity index (χ1) is 14.3. The largest absolute Gasteiger partial charge is 0.354 e. The van der Waals surface area contributed by atoms with Gasteiger partial charge in [0.05, 0.1) is 0 Å². The van der Waals surface area contributed by atoms with Gasteiger partial charge in [-0.1, -0.05) is 0 Å². The summed E-state index contributed by atoms with van der Waals surface area (Å²) in [5.41, 5.74) is 0.865. The Kier molecular flexibility index (Phi) is 5.88. The molecule has 2 aromatic rings. The lowest BCUT2D eigenvalue weighted by molar-refractivity contribution is 0.381. The summed E-state index contributed by atoms with van der Waals surface area (Å²) in [4.78, 5) is 13.0. The molecule has 0 unspecified atom stereocenters. The van der Waals surface area contributed by atoms with Crippen molar-refractivity contribution in [1.82, 2.24) is 14.3 Å². The van der Waals surface area contributed by atoms with E-state index in [1.54, 1.807) is 0 Å². The summed E-state index contributed by atoms with van der Waals surface area (Å²) < 4.78 is 54.0. The molecular formula is C20H25F2N5O2S. The highest BCUT2D eigenvalue weighted by Crippen LogP contribution is 2.25. The number of aryl methyl sites for hydroxylation is 1. The molecular weight excluding hydrogens is 412 g/mol. The Bertz CT molecular complexity index is 1020. The summed E-state index contributed by atoms with van der Waals surface area (Å²) in [6.45, 7) is 5.06. The second-order valence-electron chi connectivity index (χ2n) is 7.68. The van der Waals surface area contributed by atoms with Crippen molar-refractivity contribution in [2.24, 2.45) is 0 Å². The quantitative estimate of drug-likeness (QED) is 0.732. The zero-order valence-electron chi connectivity index (χ0n) is 16.9. The second kappa shape index (κ2) is 8.43. The van der Waals surface area contributed by atoms with E-state index in [4.69, 9.17) is 4.98 Å². The Labute approximate surface area is 175 Å². The predicted molar refractivity (Wildman–Crippen MR) is 110 cm³/mol. The van der Waals surface area contributed by atoms with Crippen molar-refractivity contribution < 1.29 is 17.2 Å². The Balaban J connectivity index is 1.48. The molecule has 0 radical (unpaired) electrons. The van der Waals surface area contributed by atoms with Gasteiger partial charge in [0.1, 0.15) is 22.3 Å². The first-order valence-corrected chi connectivity index (χ1v) is 11.6. The molecule has 2 fully saturated rings. The van der Waals surface area contributed by atoms with Gasteiger partial charge in [0.2, 0.25) is 16.0 Å². The highest BCUT2D eigenvalue weighted by molar-refractivity contribution is 7.89. The van der Waals surface area contributed by atoms with Gasteiger partial charge in [-0.3, -0.25) is 0 Å². The van der Waals surface area contributed by atoms with E-state index in [1.165, 1.54) is 10.7 Å². The summed E-state index contributed by atoms with van der Waals surface area (Å²) in [5, 5.41) is 0. The van der Waals surface area contributed by atoms with Crippen LogP contribution in [0.2, 0.25) is 0 Å². The molecule has 2 aliphatic rings. The monoisotopic (exact) mass is 437 g/mol. The number of aromatic nitrogens is 2. The molecule has 3 heterocycles. The van der Waals surface area contributed by atoms with Crippen molar-refractivity contribution in [1.29, 1.82) is 0 Å². The van der Waals surface area contributed by atoms with E-state index in [0.717, 1.165) is 49.6 Å². The van der Waals surface area contributed by atoms with Crippen LogP contribution >= 0.6 is 0 Å². The first-order valence-electron chi connectivity index (χ1n) is 10.2. The van der Waals surface area contributed by atoms with Crippen molar-refractivity contribution in [3.63, 3.8) is 0 Å². The molecule has 0 bridgehead atoms. The minimum Gasteiger partial charge on any atom is -0.354 e. The number of rotatable bonds is 4. The number of hydrogen-bond acceptors (Lipinski definition) is 6. The van der Waals surface area contributed by atoms with Gasteiger partial charge in [-0.25, -0.2) is 22.2 Å². The van der Waals surface area contributed by atoms with Crippen LogP contribution in [0.1, 0.15) is 25.0 Å². The van der Waals surface area contributed by atoms with Crippen LogP contribution in [0.3, 0.4) is 0 Å². The molecule has 10 heteroatoms. The topological polar surface area (TPSA) is 69.6 Å². The van der Waals surface area contributed by atoms with Crippen LogP contribution in [0.4, 0.5) is 20.5 Å². The smallest absolute Gasteiger partial charge is 0.246 e. The SMILES string of the molecule is Cc1cc(N2CCN(S(=O)(=O)c3ccc(F)cc3F)CC2)nc(N2CCCCC2)n1. The normalized spacial score (nSPS) is 18.6. The molecule has 162 valence electrons. The molecule has 1 aromatic heterocycles. The Morgan fingerprint density at radius 2 is 1.57 bits per heavy atom. The van der Waals surface area contributed by atoms with Crippen LogP contribution in [0.25, 0.3) is 0 Å². The van der Waals surface area contributed by atoms with Gasteiger partial charge in [0.15, 0.2) is 0 Å². The predicted octanol–water partition coefficient (Wildman–Crippen LogP) is 2.56. The van der Waals surface area contributed by atoms with Crippen molar-refractivity contribution in [2.45, 2.75) is 31.1 Å². The van der Waals surface area contributed by atoms with Gasteiger partial charge < -0.3 is 9.80 Å². The molecule has 0 saturated carbocycles. The fourth-order valence-corrected chi connectivity index (χ4v) is 5.38. The average molecular weight is 438 g/mol. The van der Waals surface area contributed by atoms with Crippen molar-refractivity contribution in [3.8, 4) is 0 Å². The maximum atomic E-state index is 14.0. The van der Waals surface area contributed by atoms with Gasteiger partial charge >= 0.3 is 0 Å². The minimum atomic E-state index is -4.02. The molecule has 2 aliphatic heterocycles. The van der Waals surface area contributed by atoms with Crippen LogP contribution in [0, 0.1) is 18.6 Å². The van der Waals surface area contributed by atoms with E-state index in [-0.39, 0.29) is 13.1 Å². The highest BCUT2D eigenvalue weighted by atomic mass is 32.2. The third kappa shape index (κ3) is 4.24. The molecule has 30 heavy (non-hydrogen) atoms. The Hall–Kier alpha value is -2.33. The number of nitrogens with zero attached hydrogens (tertiary/aromatic N) is 5. The van der Waals surface area contributed by atoms with Crippen molar-refractivity contribution >= 4 is 21.8 Å². The zero-order valence-corrected chi connectivity index (χ0v) is 17.7. The standard InChI is InChI=1S/C20H25F2N5O2S/c1-15-13-19(24-20(23-15)26-7-3-2-4-8-26)25-9-11-27(12-10-25)30(28,29)18-6-5-16(21)14-17(18)22/h5-6,13-14H,2-4,7-12H2,1H3. The van der Waals surface area contributed by atoms with Crippen LogP contribution in [-0.2, 0) is 10.0 Å². The molecule has 0 amide bonds.